The summed E-state index contributed by atoms with van der Waals surface area (Å²) in [6.45, 7) is 1.28. The van der Waals surface area contributed by atoms with Crippen LogP contribution in [0.3, 0.4) is 0 Å². The third-order valence-corrected chi connectivity index (χ3v) is 5.09. The van der Waals surface area contributed by atoms with Crippen molar-refractivity contribution < 1.29 is 14.0 Å². The van der Waals surface area contributed by atoms with Crippen molar-refractivity contribution in [3.63, 3.8) is 0 Å². The van der Waals surface area contributed by atoms with E-state index in [1.165, 1.54) is 22.6 Å². The number of rotatable bonds is 10. The number of alkyl halides is 1. The van der Waals surface area contributed by atoms with Crippen molar-refractivity contribution in [1.82, 2.24) is 14.9 Å². The van der Waals surface area contributed by atoms with Gasteiger partial charge in [-0.15, -0.1) is 0 Å². The van der Waals surface area contributed by atoms with Crippen LogP contribution in [0.25, 0.3) is 0 Å². The molecule has 2 heterocycles. The van der Waals surface area contributed by atoms with Gasteiger partial charge in [0.2, 0.25) is 12.4 Å². The molecule has 1 atom stereocenters. The molecule has 0 amide bonds. The molecule has 0 bridgehead atoms. The first-order valence-corrected chi connectivity index (χ1v) is 10.4. The van der Waals surface area contributed by atoms with Gasteiger partial charge in [0.25, 0.3) is 11.3 Å². The molecular formula is C21H23Cl2FN5O2+. The molecule has 10 heteroatoms. The van der Waals surface area contributed by atoms with Gasteiger partial charge in [-0.3, -0.25) is 14.2 Å². The maximum absolute atomic E-state index is 14.7. The second-order valence-electron chi connectivity index (χ2n) is 6.68. The minimum absolute atomic E-state index is 0.0294. The highest BCUT2D eigenvalue weighted by Crippen LogP contribution is 2.14. The molecule has 0 aliphatic carbocycles. The third kappa shape index (κ3) is 6.16. The number of hydrogen-bond acceptors (Lipinski definition) is 5. The molecule has 0 fully saturated rings. The van der Waals surface area contributed by atoms with Crippen molar-refractivity contribution in [1.29, 1.82) is 0 Å². The Morgan fingerprint density at radius 3 is 2.87 bits per heavy atom. The Balaban J connectivity index is 1.60. The first kappa shape index (κ1) is 23.0. The van der Waals surface area contributed by atoms with Crippen LogP contribution in [-0.2, 0) is 13.1 Å². The van der Waals surface area contributed by atoms with Crippen LogP contribution < -0.4 is 25.8 Å². The van der Waals surface area contributed by atoms with Crippen molar-refractivity contribution in [2.45, 2.75) is 19.3 Å². The van der Waals surface area contributed by atoms with E-state index in [-0.39, 0.29) is 17.5 Å². The normalized spacial score (nSPS) is 11.9. The number of benzene rings is 1. The van der Waals surface area contributed by atoms with Crippen LogP contribution in [0.2, 0.25) is 10.2 Å². The van der Waals surface area contributed by atoms with Crippen molar-refractivity contribution >= 4 is 29.0 Å². The zero-order valence-corrected chi connectivity index (χ0v) is 18.4. The molecule has 0 saturated carbocycles. The second-order valence-corrected chi connectivity index (χ2v) is 7.50. The Bertz CT molecular complexity index is 1080. The minimum Gasteiger partial charge on any atom is -0.362 e. The summed E-state index contributed by atoms with van der Waals surface area (Å²) in [4.78, 5) is 21.8. The van der Waals surface area contributed by atoms with Crippen molar-refractivity contribution in [3.8, 4) is 0 Å². The van der Waals surface area contributed by atoms with E-state index < -0.39 is 11.7 Å². The van der Waals surface area contributed by atoms with Crippen LogP contribution >= 0.6 is 23.2 Å². The summed E-state index contributed by atoms with van der Waals surface area (Å²) < 4.78 is 17.4. The highest BCUT2D eigenvalue weighted by Gasteiger charge is 2.23. The highest BCUT2D eigenvalue weighted by atomic mass is 35.5. The lowest BCUT2D eigenvalue weighted by Gasteiger charge is -2.13. The van der Waals surface area contributed by atoms with Gasteiger partial charge in [-0.1, -0.05) is 35.3 Å². The van der Waals surface area contributed by atoms with Crippen LogP contribution in [0.15, 0.2) is 59.7 Å². The van der Waals surface area contributed by atoms with E-state index in [0.717, 1.165) is 5.56 Å². The average molecular weight is 467 g/mol. The Morgan fingerprint density at radius 2 is 2.10 bits per heavy atom. The summed E-state index contributed by atoms with van der Waals surface area (Å²) >= 11 is 12.1. The summed E-state index contributed by atoms with van der Waals surface area (Å²) in [6.07, 6.45) is 1.56. The molecule has 3 rings (SSSR count). The van der Waals surface area contributed by atoms with E-state index >= 15 is 0 Å². The van der Waals surface area contributed by atoms with Crippen LogP contribution in [-0.4, -0.2) is 29.8 Å². The van der Waals surface area contributed by atoms with E-state index in [1.807, 2.05) is 24.3 Å². The van der Waals surface area contributed by atoms with Crippen LogP contribution in [0.1, 0.15) is 17.4 Å². The number of nitrogens with zero attached hydrogens (tertiary/aromatic N) is 3. The monoisotopic (exact) mass is 466 g/mol. The van der Waals surface area contributed by atoms with Gasteiger partial charge in [0.15, 0.2) is 5.82 Å². The lowest BCUT2D eigenvalue weighted by molar-refractivity contribution is -0.892. The van der Waals surface area contributed by atoms with Gasteiger partial charge in [0, 0.05) is 41.5 Å². The first-order chi connectivity index (χ1) is 15.0. The highest BCUT2D eigenvalue weighted by molar-refractivity contribution is 6.30. The maximum atomic E-state index is 14.7. The Kier molecular flexibility index (Phi) is 8.22. The molecular weight excluding hydrogens is 444 g/mol. The molecule has 2 aromatic heterocycles. The van der Waals surface area contributed by atoms with Gasteiger partial charge in [-0.2, -0.15) is 0 Å². The van der Waals surface area contributed by atoms with Gasteiger partial charge in [-0.25, -0.2) is 9.37 Å². The quantitative estimate of drug-likeness (QED) is 0.355. The molecule has 2 N–H and O–H groups in total. The fourth-order valence-electron chi connectivity index (χ4n) is 3.01. The Morgan fingerprint density at radius 1 is 1.26 bits per heavy atom. The predicted molar refractivity (Wildman–Crippen MR) is 118 cm³/mol. The van der Waals surface area contributed by atoms with E-state index in [2.05, 4.69) is 15.6 Å². The molecule has 7 nitrogen and oxygen atoms in total. The minimum atomic E-state index is -1.41. The lowest BCUT2D eigenvalue weighted by Crippen LogP contribution is -2.45. The number of nitrogens with one attached hydrogen (secondary N) is 2. The third-order valence-electron chi connectivity index (χ3n) is 4.56. The number of aromatic nitrogens is 3. The van der Waals surface area contributed by atoms with Gasteiger partial charge in [0.1, 0.15) is 12.3 Å². The summed E-state index contributed by atoms with van der Waals surface area (Å²) in [5.74, 6) is 0.0294. The summed E-state index contributed by atoms with van der Waals surface area (Å²) in [7, 11) is 1.45. The molecule has 164 valence electrons. The van der Waals surface area contributed by atoms with E-state index in [4.69, 9.17) is 28.0 Å². The van der Waals surface area contributed by atoms with E-state index in [0.29, 0.717) is 30.4 Å². The fraction of sp³-hybridized carbons (Fsp3) is 0.286. The molecule has 0 aliphatic heterocycles. The second kappa shape index (κ2) is 11.1. The molecule has 31 heavy (non-hydrogen) atoms. The first-order valence-electron chi connectivity index (χ1n) is 9.63. The summed E-state index contributed by atoms with van der Waals surface area (Å²) in [5.41, 5.74) is 0.931. The molecule has 0 spiro atoms. The smallest absolute Gasteiger partial charge is 0.294 e. The molecule has 3 aromatic rings. The number of halogens is 3. The van der Waals surface area contributed by atoms with Crippen molar-refractivity contribution in [2.24, 2.45) is 0 Å². The molecule has 0 radical (unpaired) electrons. The summed E-state index contributed by atoms with van der Waals surface area (Å²) in [5, 5.41) is 6.89. The average Bonchev–Trinajstić information content (AvgIpc) is 2.77. The zero-order valence-electron chi connectivity index (χ0n) is 16.9. The Hall–Kier alpha value is -2.68. The van der Waals surface area contributed by atoms with Gasteiger partial charge < -0.3 is 10.6 Å². The number of pyridine rings is 1. The van der Waals surface area contributed by atoms with Crippen LogP contribution in [0.5, 0.6) is 0 Å². The fourth-order valence-corrected chi connectivity index (χ4v) is 3.43. The van der Waals surface area contributed by atoms with Crippen molar-refractivity contribution in [3.05, 3.63) is 86.6 Å². The lowest BCUT2D eigenvalue weighted by atomic mass is 10.2. The Labute approximate surface area is 189 Å². The van der Waals surface area contributed by atoms with Crippen LogP contribution in [0.4, 0.5) is 10.2 Å². The summed E-state index contributed by atoms with van der Waals surface area (Å²) in [6, 6.07) is 12.6. The van der Waals surface area contributed by atoms with E-state index in [1.54, 1.807) is 24.4 Å². The standard InChI is InChI=1S/C21H23Cl2FN5O2/c1-31-29-9-3-2-7-18(29)17(24)13-26-20-21(30)28(19(23)14-27-20)10-8-25-12-15-5-4-6-16(22)11-15/h2-7,9,11,14,17,25H,8,10,12-13H2,1H3,(H,26,27)/q+1. The topological polar surface area (TPSA) is 72.1 Å². The van der Waals surface area contributed by atoms with Gasteiger partial charge in [-0.05, 0) is 23.8 Å². The zero-order chi connectivity index (χ0) is 22.2. The number of hydrogen-bond donors (Lipinski definition) is 2. The van der Waals surface area contributed by atoms with Gasteiger partial charge >= 0.3 is 0 Å². The molecule has 0 aliphatic rings. The maximum Gasteiger partial charge on any atom is 0.294 e. The predicted octanol–water partition coefficient (Wildman–Crippen LogP) is 2.81. The SMILES string of the molecule is CO[n+]1ccccc1C(F)CNc1ncc(Cl)n(CCNCc2cccc(Cl)c2)c1=O. The van der Waals surface area contributed by atoms with E-state index in [9.17, 15) is 9.18 Å². The largest absolute Gasteiger partial charge is 0.362 e. The van der Waals surface area contributed by atoms with Gasteiger partial charge in [0.05, 0.1) is 12.7 Å². The molecule has 1 aromatic carbocycles. The molecule has 1 unspecified atom stereocenters. The van der Waals surface area contributed by atoms with Crippen molar-refractivity contribution in [2.75, 3.05) is 25.5 Å². The molecule has 0 saturated heterocycles. The number of anilines is 1. The van der Waals surface area contributed by atoms with Crippen LogP contribution in [0, 0.1) is 0 Å².